The molecule has 0 amide bonds. The summed E-state index contributed by atoms with van der Waals surface area (Å²) in [4.78, 5) is 7.36. The Labute approximate surface area is 184 Å². The van der Waals surface area contributed by atoms with Gasteiger partial charge < -0.3 is 15.2 Å². The van der Waals surface area contributed by atoms with Crippen molar-refractivity contribution in [3.63, 3.8) is 0 Å². The summed E-state index contributed by atoms with van der Waals surface area (Å²) in [6, 6.07) is 11.6. The molecule has 1 aliphatic rings. The van der Waals surface area contributed by atoms with E-state index in [1.165, 1.54) is 5.56 Å². The molecule has 0 radical (unpaired) electrons. The topological polar surface area (TPSA) is 70.4 Å². The highest BCUT2D eigenvalue weighted by atomic mass is 32.2. The maximum atomic E-state index is 4.81. The second-order valence-corrected chi connectivity index (χ2v) is 8.99. The summed E-state index contributed by atoms with van der Waals surface area (Å²) in [5, 5.41) is 15.6. The molecule has 2 N–H and O–H groups in total. The Morgan fingerprint density at radius 1 is 1.27 bits per heavy atom. The molecule has 0 bridgehead atoms. The van der Waals surface area contributed by atoms with Gasteiger partial charge in [0.05, 0.1) is 0 Å². The van der Waals surface area contributed by atoms with E-state index in [1.807, 2.05) is 30.3 Å². The second-order valence-electron chi connectivity index (χ2n) is 8.00. The van der Waals surface area contributed by atoms with Crippen LogP contribution in [0.5, 0.6) is 0 Å². The lowest BCUT2D eigenvalue weighted by molar-refractivity contribution is 0.258. The minimum atomic E-state index is 0.386. The van der Waals surface area contributed by atoms with Gasteiger partial charge in [-0.1, -0.05) is 30.3 Å². The van der Waals surface area contributed by atoms with Crippen LogP contribution in [0.15, 0.2) is 35.3 Å². The van der Waals surface area contributed by atoms with E-state index in [0.717, 1.165) is 55.8 Å². The van der Waals surface area contributed by atoms with Gasteiger partial charge in [0.2, 0.25) is 0 Å². The molecule has 0 saturated carbocycles. The van der Waals surface area contributed by atoms with E-state index in [2.05, 4.69) is 69.2 Å². The summed E-state index contributed by atoms with van der Waals surface area (Å²) in [5.41, 5.74) is 1.37. The number of benzene rings is 1. The highest BCUT2D eigenvalue weighted by molar-refractivity contribution is 7.98. The predicted octanol–water partition coefficient (Wildman–Crippen LogP) is 2.57. The minimum absolute atomic E-state index is 0.386. The summed E-state index contributed by atoms with van der Waals surface area (Å²) < 4.78 is 1.99. The monoisotopic (exact) mass is 429 g/mol. The number of aryl methyl sites for hydroxylation is 1. The highest BCUT2D eigenvalue weighted by Gasteiger charge is 2.29. The zero-order valence-electron chi connectivity index (χ0n) is 18.6. The molecule has 0 spiro atoms. The second kappa shape index (κ2) is 11.4. The summed E-state index contributed by atoms with van der Waals surface area (Å²) >= 11 is 1.87. The van der Waals surface area contributed by atoms with Crippen LogP contribution in [0.2, 0.25) is 0 Å². The first-order chi connectivity index (χ1) is 14.6. The number of guanidine groups is 1. The van der Waals surface area contributed by atoms with Crippen LogP contribution < -0.4 is 10.6 Å². The molecule has 1 aromatic carbocycles. The lowest BCUT2D eigenvalue weighted by atomic mass is 10.2. The van der Waals surface area contributed by atoms with E-state index < -0.39 is 0 Å². The van der Waals surface area contributed by atoms with Crippen LogP contribution in [0.1, 0.15) is 37.0 Å². The Morgan fingerprint density at radius 2 is 2.07 bits per heavy atom. The van der Waals surface area contributed by atoms with Crippen LogP contribution in [0, 0.1) is 6.92 Å². The fourth-order valence-corrected chi connectivity index (χ4v) is 4.18. The van der Waals surface area contributed by atoms with E-state index >= 15 is 0 Å². The summed E-state index contributed by atoms with van der Waals surface area (Å²) in [7, 11) is 1.99. The van der Waals surface area contributed by atoms with Crippen LogP contribution in [-0.2, 0) is 20.1 Å². The molecule has 1 aromatic heterocycles. The van der Waals surface area contributed by atoms with Crippen molar-refractivity contribution in [3.8, 4) is 0 Å². The number of aliphatic imine (C=N–C) groups is 1. The third-order valence-electron chi connectivity index (χ3n) is 5.65. The Kier molecular flexibility index (Phi) is 8.57. The van der Waals surface area contributed by atoms with Gasteiger partial charge in [-0.3, -0.25) is 4.90 Å². The molecule has 1 fully saturated rings. The largest absolute Gasteiger partial charge is 0.356 e. The van der Waals surface area contributed by atoms with Crippen molar-refractivity contribution in [1.29, 1.82) is 0 Å². The molecule has 3 rings (SSSR count). The van der Waals surface area contributed by atoms with Crippen molar-refractivity contribution in [1.82, 2.24) is 30.3 Å². The van der Waals surface area contributed by atoms with Crippen molar-refractivity contribution >= 4 is 17.7 Å². The van der Waals surface area contributed by atoms with Gasteiger partial charge in [-0.25, -0.2) is 4.99 Å². The quantitative estimate of drug-likeness (QED) is 0.363. The van der Waals surface area contributed by atoms with E-state index in [9.17, 15) is 0 Å². The number of rotatable bonds is 9. The Morgan fingerprint density at radius 3 is 2.77 bits per heavy atom. The van der Waals surface area contributed by atoms with Gasteiger partial charge in [0.25, 0.3) is 0 Å². The van der Waals surface area contributed by atoms with E-state index in [-0.39, 0.29) is 0 Å². The smallest absolute Gasteiger partial charge is 0.191 e. The minimum Gasteiger partial charge on any atom is -0.356 e. The number of hydrogen-bond acceptors (Lipinski definition) is 5. The van der Waals surface area contributed by atoms with Gasteiger partial charge in [-0.05, 0) is 44.3 Å². The van der Waals surface area contributed by atoms with E-state index in [4.69, 9.17) is 4.99 Å². The summed E-state index contributed by atoms with van der Waals surface area (Å²) in [6.45, 7) is 7.72. The van der Waals surface area contributed by atoms with Gasteiger partial charge in [0.15, 0.2) is 11.8 Å². The van der Waals surface area contributed by atoms with Gasteiger partial charge >= 0.3 is 0 Å². The van der Waals surface area contributed by atoms with Crippen LogP contribution in [-0.4, -0.2) is 62.8 Å². The van der Waals surface area contributed by atoms with Crippen molar-refractivity contribution in [2.45, 2.75) is 51.9 Å². The van der Waals surface area contributed by atoms with Crippen LogP contribution in [0.25, 0.3) is 0 Å². The van der Waals surface area contributed by atoms with E-state index in [0.29, 0.717) is 18.6 Å². The molecule has 1 saturated heterocycles. The highest BCUT2D eigenvalue weighted by Crippen LogP contribution is 2.20. The fraction of sp³-hybridized carbons (Fsp3) is 0.591. The normalized spacial score (nSPS) is 19.9. The fourth-order valence-electron chi connectivity index (χ4n) is 3.75. The van der Waals surface area contributed by atoms with Crippen LogP contribution >= 0.6 is 11.8 Å². The molecule has 164 valence electrons. The number of likely N-dealkylation sites (tertiary alicyclic amines) is 1. The third-order valence-corrected chi connectivity index (χ3v) is 6.35. The van der Waals surface area contributed by atoms with E-state index in [1.54, 1.807) is 0 Å². The average molecular weight is 430 g/mol. The number of aromatic nitrogens is 3. The lowest BCUT2D eigenvalue weighted by Gasteiger charge is -2.21. The molecule has 30 heavy (non-hydrogen) atoms. The molecule has 2 unspecified atom stereocenters. The summed E-state index contributed by atoms with van der Waals surface area (Å²) in [6.07, 6.45) is 4.37. The van der Waals surface area contributed by atoms with Gasteiger partial charge in [0.1, 0.15) is 12.4 Å². The van der Waals surface area contributed by atoms with Gasteiger partial charge in [-0.15, -0.1) is 10.2 Å². The molecule has 2 atom stereocenters. The molecular weight excluding hydrogens is 394 g/mol. The van der Waals surface area contributed by atoms with Crippen LogP contribution in [0.4, 0.5) is 0 Å². The van der Waals surface area contributed by atoms with Crippen molar-refractivity contribution in [3.05, 3.63) is 47.5 Å². The first-order valence-corrected chi connectivity index (χ1v) is 12.1. The molecule has 1 aliphatic heterocycles. The standard InChI is InChI=1S/C22H35N7S/c1-17-13-20(16-29(17)15-19-9-6-5-7-10-19)25-22(23-11-8-12-30-4)24-14-21-27-26-18(2)28(21)3/h5-7,9-10,17,20H,8,11-16H2,1-4H3,(H2,23,24,25). The Balaban J connectivity index is 1.60. The Bertz CT molecular complexity index is 805. The zero-order valence-corrected chi connectivity index (χ0v) is 19.5. The Hall–Kier alpha value is -2.06. The summed E-state index contributed by atoms with van der Waals surface area (Å²) in [5.74, 6) is 3.80. The van der Waals surface area contributed by atoms with Crippen LogP contribution in [0.3, 0.4) is 0 Å². The molecule has 8 heteroatoms. The SMILES string of the molecule is CSCCCNC(=NCc1nnc(C)n1C)NC1CC(C)N(Cc2ccccc2)C1. The molecule has 0 aliphatic carbocycles. The predicted molar refractivity (Wildman–Crippen MR) is 126 cm³/mol. The number of hydrogen-bond donors (Lipinski definition) is 2. The number of thioether (sulfide) groups is 1. The third kappa shape index (κ3) is 6.47. The first-order valence-electron chi connectivity index (χ1n) is 10.7. The molecular formula is C22H35N7S. The lowest BCUT2D eigenvalue weighted by Crippen LogP contribution is -2.45. The van der Waals surface area contributed by atoms with Gasteiger partial charge in [0, 0.05) is 38.8 Å². The average Bonchev–Trinajstić information content (AvgIpc) is 3.25. The maximum Gasteiger partial charge on any atom is 0.191 e. The number of nitrogens with zero attached hydrogens (tertiary/aromatic N) is 5. The van der Waals surface area contributed by atoms with Gasteiger partial charge in [-0.2, -0.15) is 11.8 Å². The van der Waals surface area contributed by atoms with Crippen molar-refractivity contribution in [2.75, 3.05) is 25.1 Å². The molecule has 2 heterocycles. The van der Waals surface area contributed by atoms with Crippen molar-refractivity contribution in [2.24, 2.45) is 12.0 Å². The van der Waals surface area contributed by atoms with Crippen molar-refractivity contribution < 1.29 is 0 Å². The molecule has 2 aromatic rings. The zero-order chi connectivity index (χ0) is 21.3. The molecule has 7 nitrogen and oxygen atoms in total. The number of nitrogens with one attached hydrogen (secondary N) is 2. The first kappa shape index (κ1) is 22.6. The maximum absolute atomic E-state index is 4.81.